The molecule has 2 aromatic carbocycles. The fourth-order valence-electron chi connectivity index (χ4n) is 2.17. The van der Waals surface area contributed by atoms with E-state index in [9.17, 15) is 18.7 Å². The van der Waals surface area contributed by atoms with E-state index in [0.717, 1.165) is 6.07 Å². The van der Waals surface area contributed by atoms with Crippen LogP contribution in [0.15, 0.2) is 36.4 Å². The van der Waals surface area contributed by atoms with E-state index < -0.39 is 17.7 Å². The topological polar surface area (TPSA) is 58.6 Å². The Balaban J connectivity index is 1.96. The van der Waals surface area contributed by atoms with Crippen LogP contribution < -0.4 is 10.1 Å². The van der Waals surface area contributed by atoms with Crippen LogP contribution >= 0.6 is 0 Å². The molecule has 0 saturated carbocycles. The molecule has 2 N–H and O–H groups in total. The third kappa shape index (κ3) is 2.57. The van der Waals surface area contributed by atoms with E-state index in [-0.39, 0.29) is 18.1 Å². The second-order valence-corrected chi connectivity index (χ2v) is 4.66. The number of nitrogens with one attached hydrogen (secondary N) is 1. The van der Waals surface area contributed by atoms with Crippen molar-refractivity contribution in [1.29, 1.82) is 0 Å². The van der Waals surface area contributed by atoms with Crippen LogP contribution in [0.4, 0.5) is 14.5 Å². The normalized spacial score (nSPS) is 14.9. The lowest BCUT2D eigenvalue weighted by Gasteiger charge is -2.20. The molecule has 1 atom stereocenters. The molecule has 1 amide bonds. The Morgan fingerprint density at radius 3 is 2.76 bits per heavy atom. The van der Waals surface area contributed by atoms with Gasteiger partial charge in [0.25, 0.3) is 5.91 Å². The van der Waals surface area contributed by atoms with Crippen LogP contribution in [0.2, 0.25) is 0 Å². The minimum absolute atomic E-state index is 0.0422. The van der Waals surface area contributed by atoms with Gasteiger partial charge in [-0.05, 0) is 23.8 Å². The molecule has 1 unspecified atom stereocenters. The van der Waals surface area contributed by atoms with Crippen molar-refractivity contribution in [3.63, 3.8) is 0 Å². The summed E-state index contributed by atoms with van der Waals surface area (Å²) < 4.78 is 31.8. The number of ether oxygens (including phenoxy) is 1. The number of rotatable bonds is 2. The number of halogens is 2. The summed E-state index contributed by atoms with van der Waals surface area (Å²) >= 11 is 0. The highest BCUT2D eigenvalue weighted by Crippen LogP contribution is 2.33. The summed E-state index contributed by atoms with van der Waals surface area (Å²) in [6, 6.07) is 7.61. The van der Waals surface area contributed by atoms with E-state index in [1.54, 1.807) is 12.1 Å². The van der Waals surface area contributed by atoms with Gasteiger partial charge in [-0.15, -0.1) is 0 Å². The molecule has 21 heavy (non-hydrogen) atoms. The zero-order valence-electron chi connectivity index (χ0n) is 10.8. The zero-order valence-corrected chi connectivity index (χ0v) is 10.8. The molecule has 6 heteroatoms. The van der Waals surface area contributed by atoms with E-state index >= 15 is 0 Å². The molecule has 2 aromatic rings. The molecule has 0 bridgehead atoms. The number of hydrogen-bond acceptors (Lipinski definition) is 3. The lowest BCUT2D eigenvalue weighted by Crippen LogP contribution is -2.25. The minimum Gasteiger partial charge on any atom is -0.482 e. The highest BCUT2D eigenvalue weighted by atomic mass is 19.1. The van der Waals surface area contributed by atoms with Crippen molar-refractivity contribution in [1.82, 2.24) is 0 Å². The van der Waals surface area contributed by atoms with Gasteiger partial charge in [-0.2, -0.15) is 0 Å². The van der Waals surface area contributed by atoms with Gasteiger partial charge >= 0.3 is 0 Å². The molecule has 108 valence electrons. The van der Waals surface area contributed by atoms with Gasteiger partial charge in [0.05, 0.1) is 5.69 Å². The predicted molar refractivity (Wildman–Crippen MR) is 71.0 cm³/mol. The first kappa shape index (κ1) is 13.5. The summed E-state index contributed by atoms with van der Waals surface area (Å²) in [5.74, 6) is -1.37. The molecule has 0 saturated heterocycles. The molecule has 4 nitrogen and oxygen atoms in total. The second-order valence-electron chi connectivity index (χ2n) is 4.66. The Bertz CT molecular complexity index is 718. The number of hydrogen-bond donors (Lipinski definition) is 2. The van der Waals surface area contributed by atoms with Gasteiger partial charge in [0.15, 0.2) is 6.61 Å². The quantitative estimate of drug-likeness (QED) is 0.893. The van der Waals surface area contributed by atoms with E-state index in [1.807, 2.05) is 0 Å². The lowest BCUT2D eigenvalue weighted by molar-refractivity contribution is -0.118. The highest BCUT2D eigenvalue weighted by Gasteiger charge is 2.20. The third-order valence-electron chi connectivity index (χ3n) is 3.21. The van der Waals surface area contributed by atoms with E-state index in [2.05, 4.69) is 5.32 Å². The molecule has 0 aliphatic carbocycles. The molecule has 3 rings (SSSR count). The van der Waals surface area contributed by atoms with Crippen molar-refractivity contribution in [3.05, 3.63) is 59.2 Å². The third-order valence-corrected chi connectivity index (χ3v) is 3.21. The summed E-state index contributed by atoms with van der Waals surface area (Å²) in [5, 5.41) is 12.8. The average molecular weight is 291 g/mol. The number of aliphatic hydroxyl groups excluding tert-OH is 1. The molecular weight excluding hydrogens is 280 g/mol. The molecule has 0 spiro atoms. The Hall–Kier alpha value is -2.47. The number of anilines is 1. The van der Waals surface area contributed by atoms with Crippen molar-refractivity contribution in [2.45, 2.75) is 6.10 Å². The van der Waals surface area contributed by atoms with Crippen molar-refractivity contribution in [2.24, 2.45) is 0 Å². The number of fused-ring (bicyclic) bond motifs is 1. The molecule has 1 aliphatic rings. The summed E-state index contributed by atoms with van der Waals surface area (Å²) in [7, 11) is 0. The van der Waals surface area contributed by atoms with Gasteiger partial charge in [-0.1, -0.05) is 12.1 Å². The lowest BCUT2D eigenvalue weighted by atomic mass is 10.00. The van der Waals surface area contributed by atoms with E-state index in [0.29, 0.717) is 23.1 Å². The first-order valence-electron chi connectivity index (χ1n) is 6.24. The molecule has 1 heterocycles. The van der Waals surface area contributed by atoms with Crippen LogP contribution in [0, 0.1) is 11.6 Å². The van der Waals surface area contributed by atoms with Gasteiger partial charge in [0, 0.05) is 11.6 Å². The van der Waals surface area contributed by atoms with Gasteiger partial charge in [0.1, 0.15) is 23.5 Å². The summed E-state index contributed by atoms with van der Waals surface area (Å²) in [4.78, 5) is 11.3. The molecule has 0 radical (unpaired) electrons. The van der Waals surface area contributed by atoms with Crippen LogP contribution in [0.25, 0.3) is 0 Å². The maximum absolute atomic E-state index is 13.7. The summed E-state index contributed by atoms with van der Waals surface area (Å²) in [6.07, 6.45) is -1.27. The fraction of sp³-hybridized carbons (Fsp3) is 0.133. The summed E-state index contributed by atoms with van der Waals surface area (Å²) in [6.45, 7) is -0.0680. The SMILES string of the molecule is O=C1COc2ccc(C(O)c3ccc(F)cc3F)cc2N1. The average Bonchev–Trinajstić information content (AvgIpc) is 2.46. The van der Waals surface area contributed by atoms with Gasteiger partial charge < -0.3 is 15.2 Å². The standard InChI is InChI=1S/C15H11F2NO3/c16-9-2-3-10(11(17)6-9)15(20)8-1-4-13-12(5-8)18-14(19)7-21-13/h1-6,15,20H,7H2,(H,18,19). The molecule has 1 aliphatic heterocycles. The largest absolute Gasteiger partial charge is 0.482 e. The number of amides is 1. The predicted octanol–water partition coefficient (Wildman–Crippen LogP) is 2.38. The Morgan fingerprint density at radius 1 is 1.19 bits per heavy atom. The number of benzene rings is 2. The first-order valence-corrected chi connectivity index (χ1v) is 6.24. The maximum atomic E-state index is 13.7. The maximum Gasteiger partial charge on any atom is 0.262 e. The van der Waals surface area contributed by atoms with Crippen LogP contribution in [-0.2, 0) is 4.79 Å². The van der Waals surface area contributed by atoms with Crippen LogP contribution in [0.5, 0.6) is 5.75 Å². The molecule has 0 aromatic heterocycles. The highest BCUT2D eigenvalue weighted by molar-refractivity contribution is 5.95. The van der Waals surface area contributed by atoms with Gasteiger partial charge in [0.2, 0.25) is 0 Å². The summed E-state index contributed by atoms with van der Waals surface area (Å²) in [5.41, 5.74) is 0.731. The molecule has 0 fully saturated rings. The van der Waals surface area contributed by atoms with Crippen LogP contribution in [0.3, 0.4) is 0 Å². The first-order chi connectivity index (χ1) is 10.0. The Labute approximate surface area is 119 Å². The van der Waals surface area contributed by atoms with E-state index in [1.165, 1.54) is 12.1 Å². The van der Waals surface area contributed by atoms with Crippen molar-refractivity contribution in [2.75, 3.05) is 11.9 Å². The zero-order chi connectivity index (χ0) is 15.0. The fourth-order valence-corrected chi connectivity index (χ4v) is 2.17. The number of carbonyl (C=O) groups excluding carboxylic acids is 1. The molecular formula is C15H11F2NO3. The van der Waals surface area contributed by atoms with Gasteiger partial charge in [-0.25, -0.2) is 8.78 Å². The minimum atomic E-state index is -1.27. The van der Waals surface area contributed by atoms with Crippen molar-refractivity contribution >= 4 is 11.6 Å². The van der Waals surface area contributed by atoms with Crippen LogP contribution in [0.1, 0.15) is 17.2 Å². The second kappa shape index (κ2) is 5.14. The van der Waals surface area contributed by atoms with Crippen LogP contribution in [-0.4, -0.2) is 17.6 Å². The number of aliphatic hydroxyl groups is 1. The monoisotopic (exact) mass is 291 g/mol. The number of carbonyl (C=O) groups is 1. The van der Waals surface area contributed by atoms with E-state index in [4.69, 9.17) is 4.74 Å². The smallest absolute Gasteiger partial charge is 0.262 e. The Morgan fingerprint density at radius 2 is 2.00 bits per heavy atom. The van der Waals surface area contributed by atoms with Crippen molar-refractivity contribution in [3.8, 4) is 5.75 Å². The Kier molecular flexibility index (Phi) is 3.31. The van der Waals surface area contributed by atoms with Gasteiger partial charge in [-0.3, -0.25) is 4.79 Å². The van der Waals surface area contributed by atoms with Crippen molar-refractivity contribution < 1.29 is 23.4 Å².